The zero-order chi connectivity index (χ0) is 27.5. The smallest absolute Gasteiger partial charge is 0.332 e. The second kappa shape index (κ2) is 9.28. The van der Waals surface area contributed by atoms with E-state index in [0.29, 0.717) is 32.7 Å². The topological polar surface area (TPSA) is 62.2 Å². The van der Waals surface area contributed by atoms with E-state index in [1.54, 1.807) is 53.4 Å². The van der Waals surface area contributed by atoms with Crippen LogP contribution < -0.4 is 14.2 Å². The van der Waals surface area contributed by atoms with Gasteiger partial charge in [-0.25, -0.2) is 4.79 Å². The van der Waals surface area contributed by atoms with Crippen LogP contribution in [0.25, 0.3) is 0 Å². The van der Waals surface area contributed by atoms with Crippen molar-refractivity contribution in [1.29, 1.82) is 0 Å². The third-order valence-corrected chi connectivity index (χ3v) is 12.9. The predicted molar refractivity (Wildman–Crippen MR) is 155 cm³/mol. The molecule has 38 heavy (non-hydrogen) atoms. The maximum Gasteiger partial charge on any atom is 0.332 e. The van der Waals surface area contributed by atoms with Gasteiger partial charge in [0.25, 0.3) is 0 Å². The molecule has 1 spiro atoms. The molecule has 5 rings (SSSR count). The van der Waals surface area contributed by atoms with Gasteiger partial charge >= 0.3 is 6.03 Å². The van der Waals surface area contributed by atoms with Crippen molar-refractivity contribution in [2.24, 2.45) is 0 Å². The molecule has 1 N–H and O–H groups in total. The molecule has 3 aromatic carbocycles. The lowest BCUT2D eigenvalue weighted by molar-refractivity contribution is -0.153. The number of hydrogen-bond acceptors (Lipinski definition) is 4. The van der Waals surface area contributed by atoms with E-state index in [9.17, 15) is 9.90 Å². The van der Waals surface area contributed by atoms with Gasteiger partial charge in [0, 0.05) is 27.0 Å². The van der Waals surface area contributed by atoms with Gasteiger partial charge in [0.15, 0.2) is 0 Å². The summed E-state index contributed by atoms with van der Waals surface area (Å²) >= 11 is 12.3. The molecule has 0 aliphatic carbocycles. The number of urea groups is 1. The van der Waals surface area contributed by atoms with Gasteiger partial charge in [-0.2, -0.15) is 0 Å². The van der Waals surface area contributed by atoms with Crippen molar-refractivity contribution in [3.05, 3.63) is 88.4 Å². The van der Waals surface area contributed by atoms with E-state index in [0.717, 1.165) is 0 Å². The summed E-state index contributed by atoms with van der Waals surface area (Å²) < 4.78 is 12.3. The molecule has 0 radical (unpaired) electrons. The fourth-order valence-electron chi connectivity index (χ4n) is 4.87. The number of aliphatic hydroxyl groups is 1. The fraction of sp³-hybridized carbons (Fsp3) is 0.345. The van der Waals surface area contributed by atoms with Crippen molar-refractivity contribution in [3.63, 3.8) is 0 Å². The van der Waals surface area contributed by atoms with E-state index in [4.69, 9.17) is 32.4 Å². The van der Waals surface area contributed by atoms with Crippen LogP contribution in [0, 0.1) is 0 Å². The Labute approximate surface area is 234 Å². The molecule has 2 amide bonds. The molecule has 2 aliphatic heterocycles. The van der Waals surface area contributed by atoms with Crippen molar-refractivity contribution in [2.45, 2.75) is 50.2 Å². The Hall–Kier alpha value is -2.55. The Morgan fingerprint density at radius 1 is 0.895 bits per heavy atom. The maximum absolute atomic E-state index is 14.3. The van der Waals surface area contributed by atoms with Crippen molar-refractivity contribution in [1.82, 2.24) is 0 Å². The second-order valence-corrected chi connectivity index (χ2v) is 17.1. The van der Waals surface area contributed by atoms with Gasteiger partial charge in [-0.3, -0.25) is 9.80 Å². The molecule has 2 aliphatic rings. The molecule has 2 fully saturated rings. The fourth-order valence-corrected chi connectivity index (χ4v) is 6.14. The monoisotopic (exact) mass is 570 g/mol. The van der Waals surface area contributed by atoms with Crippen LogP contribution in [0.3, 0.4) is 0 Å². The van der Waals surface area contributed by atoms with Gasteiger partial charge in [-0.05, 0) is 78.8 Å². The quantitative estimate of drug-likeness (QED) is 0.324. The molecule has 2 heterocycles. The van der Waals surface area contributed by atoms with Crippen LogP contribution in [-0.4, -0.2) is 38.2 Å². The highest BCUT2D eigenvalue weighted by molar-refractivity contribution is 6.74. The summed E-state index contributed by atoms with van der Waals surface area (Å²) in [5.74, 6) is 0.659. The van der Waals surface area contributed by atoms with Crippen LogP contribution in [0.5, 0.6) is 5.75 Å². The summed E-state index contributed by atoms with van der Waals surface area (Å²) in [5.41, 5.74) is -1.20. The van der Waals surface area contributed by atoms with E-state index < -0.39 is 19.6 Å². The van der Waals surface area contributed by atoms with Crippen LogP contribution in [0.15, 0.2) is 72.8 Å². The van der Waals surface area contributed by atoms with Gasteiger partial charge in [-0.1, -0.05) is 56.1 Å². The first-order valence-electron chi connectivity index (χ1n) is 12.6. The van der Waals surface area contributed by atoms with Crippen LogP contribution in [-0.2, 0) is 10.5 Å². The first-order valence-corrected chi connectivity index (χ1v) is 16.2. The molecule has 0 saturated carbocycles. The molecular formula is C29H32Cl2N2O4Si. The predicted octanol–water partition coefficient (Wildman–Crippen LogP) is 7.44. The van der Waals surface area contributed by atoms with Crippen molar-refractivity contribution < 1.29 is 19.1 Å². The number of carbonyl (C=O) groups is 1. The van der Waals surface area contributed by atoms with Crippen molar-refractivity contribution >= 4 is 48.9 Å². The van der Waals surface area contributed by atoms with Gasteiger partial charge in [-0.15, -0.1) is 0 Å². The average Bonchev–Trinajstić information content (AvgIpc) is 3.04. The number of carbonyl (C=O) groups excluding carboxylic acids is 1. The third-order valence-electron chi connectivity index (χ3n) is 8.05. The van der Waals surface area contributed by atoms with E-state index in [-0.39, 0.29) is 24.3 Å². The highest BCUT2D eigenvalue weighted by atomic mass is 35.5. The number of rotatable bonds is 5. The summed E-state index contributed by atoms with van der Waals surface area (Å²) in [6, 6.07) is 21.0. The minimum absolute atomic E-state index is 0.00695. The van der Waals surface area contributed by atoms with E-state index >= 15 is 0 Å². The van der Waals surface area contributed by atoms with Gasteiger partial charge in [0.2, 0.25) is 14.0 Å². The number of ether oxygens (including phenoxy) is 1. The SMILES string of the molecule is CC(C)(C)[Si](C)(C)Oc1cccc(C2(O)N(c3ccc(Cl)cc3)C(=O)N(c3ccc(Cl)cc3)C23COC3)c1. The van der Waals surface area contributed by atoms with Gasteiger partial charge < -0.3 is 14.3 Å². The molecular weight excluding hydrogens is 539 g/mol. The molecule has 9 heteroatoms. The van der Waals surface area contributed by atoms with Crippen LogP contribution in [0.4, 0.5) is 16.2 Å². The third kappa shape index (κ3) is 4.12. The number of anilines is 2. The number of halogens is 2. The molecule has 1 atom stereocenters. The zero-order valence-corrected chi connectivity index (χ0v) is 24.7. The van der Waals surface area contributed by atoms with Crippen molar-refractivity contribution in [2.75, 3.05) is 23.0 Å². The average molecular weight is 572 g/mol. The molecule has 2 saturated heterocycles. The summed E-state index contributed by atoms with van der Waals surface area (Å²) in [7, 11) is -2.16. The Morgan fingerprint density at radius 3 is 1.89 bits per heavy atom. The number of nitrogens with zero attached hydrogens (tertiary/aromatic N) is 2. The highest BCUT2D eigenvalue weighted by Gasteiger charge is 2.72. The summed E-state index contributed by atoms with van der Waals surface area (Å²) in [4.78, 5) is 17.3. The minimum atomic E-state index is -2.16. The number of amides is 2. The van der Waals surface area contributed by atoms with Crippen molar-refractivity contribution in [3.8, 4) is 5.75 Å². The Bertz CT molecular complexity index is 1350. The van der Waals surface area contributed by atoms with Crippen LogP contribution in [0.1, 0.15) is 26.3 Å². The first kappa shape index (κ1) is 27.0. The Kier molecular flexibility index (Phi) is 6.60. The summed E-state index contributed by atoms with van der Waals surface area (Å²) in [5, 5.41) is 13.9. The largest absolute Gasteiger partial charge is 0.543 e. The van der Waals surface area contributed by atoms with E-state index in [2.05, 4.69) is 33.9 Å². The summed E-state index contributed by atoms with van der Waals surface area (Å²) in [6.45, 7) is 11.2. The van der Waals surface area contributed by atoms with Crippen LogP contribution in [0.2, 0.25) is 28.2 Å². The van der Waals surface area contributed by atoms with Crippen LogP contribution >= 0.6 is 23.2 Å². The molecule has 6 nitrogen and oxygen atoms in total. The normalized spacial score (nSPS) is 21.1. The maximum atomic E-state index is 14.3. The highest BCUT2D eigenvalue weighted by Crippen LogP contribution is 2.54. The van der Waals surface area contributed by atoms with E-state index in [1.165, 1.54) is 4.90 Å². The molecule has 1 unspecified atom stereocenters. The standard InChI is InChI=1S/C29H32Cl2N2O4Si/c1-27(2,3)38(4,5)37-25-8-6-7-20(17-25)29(35)28(18-36-19-28)32(23-13-9-21(30)10-14-23)26(34)33(29)24-15-11-22(31)12-16-24/h6-17,35H,18-19H2,1-5H3. The Balaban J connectivity index is 1.69. The lowest BCUT2D eigenvalue weighted by atomic mass is 9.78. The van der Waals surface area contributed by atoms with E-state index in [1.807, 2.05) is 24.3 Å². The van der Waals surface area contributed by atoms with Gasteiger partial charge in [0.05, 0.1) is 13.2 Å². The second-order valence-electron chi connectivity index (χ2n) is 11.5. The molecule has 0 aromatic heterocycles. The van der Waals surface area contributed by atoms with Gasteiger partial charge in [0.1, 0.15) is 11.3 Å². The molecule has 200 valence electrons. The minimum Gasteiger partial charge on any atom is -0.543 e. The Morgan fingerprint density at radius 2 is 1.42 bits per heavy atom. The first-order chi connectivity index (χ1) is 17.8. The number of benzene rings is 3. The lowest BCUT2D eigenvalue weighted by Crippen LogP contribution is -2.70. The zero-order valence-electron chi connectivity index (χ0n) is 22.2. The molecule has 0 bridgehead atoms. The molecule has 3 aromatic rings. The lowest BCUT2D eigenvalue weighted by Gasteiger charge is -2.51. The summed E-state index contributed by atoms with van der Waals surface area (Å²) in [6.07, 6.45) is 0. The number of hydrogen-bond donors (Lipinski definition) is 1.